The van der Waals surface area contributed by atoms with E-state index in [1.165, 1.54) is 0 Å². The molecule has 2 rings (SSSR count). The molecule has 1 aromatic heterocycles. The molecule has 1 amide bonds. The Balaban J connectivity index is 1.69. The molecule has 7 heteroatoms. The third-order valence-electron chi connectivity index (χ3n) is 3.25. The molecule has 1 N–H and O–H groups in total. The van der Waals surface area contributed by atoms with Crippen molar-refractivity contribution in [3.05, 3.63) is 20.8 Å². The molecular formula is C13H19BrN4OS. The van der Waals surface area contributed by atoms with E-state index < -0.39 is 0 Å². The normalized spacial score (nSPS) is 17.7. The van der Waals surface area contributed by atoms with Crippen LogP contribution < -0.4 is 5.43 Å². The Bertz CT molecular complexity index is 469. The minimum atomic E-state index is -0.0539. The number of carbonyl (C=O) groups is 1. The van der Waals surface area contributed by atoms with Gasteiger partial charge in [0.25, 0.3) is 5.91 Å². The van der Waals surface area contributed by atoms with Gasteiger partial charge in [0.1, 0.15) is 0 Å². The van der Waals surface area contributed by atoms with Crippen LogP contribution in [0.5, 0.6) is 0 Å². The van der Waals surface area contributed by atoms with Crippen LogP contribution in [0.25, 0.3) is 0 Å². The predicted octanol–water partition coefficient (Wildman–Crippen LogP) is 1.60. The Morgan fingerprint density at radius 2 is 2.15 bits per heavy atom. The maximum absolute atomic E-state index is 11.8. The lowest BCUT2D eigenvalue weighted by molar-refractivity contribution is -0.122. The molecule has 2 heterocycles. The number of carbonyl (C=O) groups excluding carboxylic acids is 1. The van der Waals surface area contributed by atoms with Gasteiger partial charge in [0, 0.05) is 40.9 Å². The van der Waals surface area contributed by atoms with Crippen molar-refractivity contribution in [1.82, 2.24) is 15.2 Å². The van der Waals surface area contributed by atoms with E-state index in [0.717, 1.165) is 42.1 Å². The molecule has 0 aromatic carbocycles. The van der Waals surface area contributed by atoms with Gasteiger partial charge in [-0.1, -0.05) is 6.92 Å². The van der Waals surface area contributed by atoms with Crippen molar-refractivity contribution in [3.63, 3.8) is 0 Å². The van der Waals surface area contributed by atoms with Crippen molar-refractivity contribution in [1.29, 1.82) is 0 Å². The number of hydrogen-bond acceptors (Lipinski definition) is 5. The highest BCUT2D eigenvalue weighted by molar-refractivity contribution is 9.10. The van der Waals surface area contributed by atoms with E-state index in [4.69, 9.17) is 0 Å². The monoisotopic (exact) mass is 358 g/mol. The van der Waals surface area contributed by atoms with Gasteiger partial charge in [-0.25, -0.2) is 5.43 Å². The van der Waals surface area contributed by atoms with Gasteiger partial charge in [-0.05, 0) is 28.5 Å². The maximum Gasteiger partial charge on any atom is 0.254 e. The molecule has 1 aliphatic heterocycles. The first kappa shape index (κ1) is 15.6. The van der Waals surface area contributed by atoms with Crippen LogP contribution in [0.1, 0.15) is 11.8 Å². The second-order valence-electron chi connectivity index (χ2n) is 4.67. The average Bonchev–Trinajstić information content (AvgIpc) is 2.85. The van der Waals surface area contributed by atoms with E-state index in [-0.39, 0.29) is 5.91 Å². The summed E-state index contributed by atoms with van der Waals surface area (Å²) in [6.45, 7) is 7.64. The summed E-state index contributed by atoms with van der Waals surface area (Å²) in [5, 5.41) is 5.96. The van der Waals surface area contributed by atoms with Gasteiger partial charge in [-0.15, -0.1) is 11.3 Å². The number of halogens is 1. The molecule has 1 saturated heterocycles. The average molecular weight is 359 g/mol. The molecule has 0 unspecified atom stereocenters. The molecule has 0 saturated carbocycles. The Labute approximate surface area is 131 Å². The highest BCUT2D eigenvalue weighted by Gasteiger charge is 2.17. The zero-order valence-electron chi connectivity index (χ0n) is 11.5. The molecule has 110 valence electrons. The van der Waals surface area contributed by atoms with Crippen LogP contribution in [0.15, 0.2) is 21.0 Å². The van der Waals surface area contributed by atoms with E-state index in [1.54, 1.807) is 17.6 Å². The summed E-state index contributed by atoms with van der Waals surface area (Å²) < 4.78 is 1.03. The number of hydrazone groups is 1. The zero-order chi connectivity index (χ0) is 14.4. The first-order valence-corrected chi connectivity index (χ1v) is 8.35. The molecule has 0 aliphatic carbocycles. The second-order valence-corrected chi connectivity index (χ2v) is 6.53. The first-order chi connectivity index (χ1) is 9.67. The fourth-order valence-corrected chi connectivity index (χ4v) is 3.37. The summed E-state index contributed by atoms with van der Waals surface area (Å²) in [5.74, 6) is -0.0539. The number of thiophene rings is 1. The minimum Gasteiger partial charge on any atom is -0.301 e. The van der Waals surface area contributed by atoms with Crippen molar-refractivity contribution in [3.8, 4) is 0 Å². The van der Waals surface area contributed by atoms with Gasteiger partial charge in [-0.3, -0.25) is 9.69 Å². The highest BCUT2D eigenvalue weighted by atomic mass is 79.9. The number of likely N-dealkylation sites (N-methyl/N-ethyl adjacent to an activating group) is 1. The fourth-order valence-electron chi connectivity index (χ4n) is 2.07. The van der Waals surface area contributed by atoms with Gasteiger partial charge < -0.3 is 4.90 Å². The van der Waals surface area contributed by atoms with Gasteiger partial charge in [0.05, 0.1) is 12.8 Å². The van der Waals surface area contributed by atoms with Gasteiger partial charge in [0.2, 0.25) is 0 Å². The van der Waals surface area contributed by atoms with Gasteiger partial charge in [0.15, 0.2) is 0 Å². The van der Waals surface area contributed by atoms with Crippen LogP contribution in [-0.2, 0) is 4.79 Å². The summed E-state index contributed by atoms with van der Waals surface area (Å²) >= 11 is 4.96. The lowest BCUT2D eigenvalue weighted by Crippen LogP contribution is -2.48. The molecule has 0 bridgehead atoms. The van der Waals surface area contributed by atoms with Crippen LogP contribution in [0, 0.1) is 0 Å². The summed E-state index contributed by atoms with van der Waals surface area (Å²) in [5.41, 5.74) is 2.58. The Hall–Kier alpha value is -0.760. The topological polar surface area (TPSA) is 47.9 Å². The van der Waals surface area contributed by atoms with Crippen molar-refractivity contribution in [2.24, 2.45) is 5.10 Å². The van der Waals surface area contributed by atoms with Crippen molar-refractivity contribution in [2.75, 3.05) is 39.3 Å². The van der Waals surface area contributed by atoms with Crippen LogP contribution in [0.3, 0.4) is 0 Å². The smallest absolute Gasteiger partial charge is 0.254 e. The molecule has 1 fully saturated rings. The van der Waals surface area contributed by atoms with Crippen LogP contribution in [0.4, 0.5) is 0 Å². The zero-order valence-corrected chi connectivity index (χ0v) is 13.9. The Morgan fingerprint density at radius 3 is 2.75 bits per heavy atom. The Morgan fingerprint density at radius 1 is 1.45 bits per heavy atom. The van der Waals surface area contributed by atoms with Crippen LogP contribution in [0.2, 0.25) is 0 Å². The molecule has 1 aromatic rings. The third-order valence-corrected chi connectivity index (χ3v) is 4.88. The van der Waals surface area contributed by atoms with Gasteiger partial charge >= 0.3 is 0 Å². The number of piperazine rings is 1. The molecule has 5 nitrogen and oxygen atoms in total. The third kappa shape index (κ3) is 4.97. The fraction of sp³-hybridized carbons (Fsp3) is 0.538. The van der Waals surface area contributed by atoms with Crippen LogP contribution in [-0.4, -0.2) is 61.2 Å². The number of amides is 1. The van der Waals surface area contributed by atoms with E-state index in [9.17, 15) is 4.79 Å². The SMILES string of the molecule is CCN1CCN(CC(=O)N/N=C\c2cc(Br)cs2)CC1. The quantitative estimate of drug-likeness (QED) is 0.642. The summed E-state index contributed by atoms with van der Waals surface area (Å²) in [4.78, 5) is 17.3. The summed E-state index contributed by atoms with van der Waals surface area (Å²) in [7, 11) is 0. The molecular weight excluding hydrogens is 340 g/mol. The van der Waals surface area contributed by atoms with E-state index in [1.807, 2.05) is 11.4 Å². The molecule has 0 radical (unpaired) electrons. The van der Waals surface area contributed by atoms with E-state index in [2.05, 4.69) is 43.2 Å². The maximum atomic E-state index is 11.8. The standard InChI is InChI=1S/C13H19BrN4OS/c1-2-17-3-5-18(6-4-17)9-13(19)16-15-8-12-7-11(14)10-20-12/h7-8,10H,2-6,9H2,1H3,(H,16,19)/b15-8-. The predicted molar refractivity (Wildman–Crippen MR) is 86.3 cm³/mol. The Kier molecular flexibility index (Phi) is 6.15. The van der Waals surface area contributed by atoms with Gasteiger partial charge in [-0.2, -0.15) is 5.10 Å². The second kappa shape index (κ2) is 7.87. The lowest BCUT2D eigenvalue weighted by Gasteiger charge is -2.33. The van der Waals surface area contributed by atoms with E-state index in [0.29, 0.717) is 6.54 Å². The molecule has 20 heavy (non-hydrogen) atoms. The summed E-state index contributed by atoms with van der Waals surface area (Å²) in [6, 6.07) is 1.96. The van der Waals surface area contributed by atoms with Crippen molar-refractivity contribution < 1.29 is 4.79 Å². The van der Waals surface area contributed by atoms with Crippen molar-refractivity contribution >= 4 is 39.4 Å². The van der Waals surface area contributed by atoms with Crippen molar-refractivity contribution in [2.45, 2.75) is 6.92 Å². The molecule has 0 spiro atoms. The minimum absolute atomic E-state index is 0.0539. The number of nitrogens with one attached hydrogen (secondary N) is 1. The first-order valence-electron chi connectivity index (χ1n) is 6.68. The number of hydrogen-bond donors (Lipinski definition) is 1. The molecule has 1 aliphatic rings. The number of nitrogens with zero attached hydrogens (tertiary/aromatic N) is 3. The van der Waals surface area contributed by atoms with E-state index >= 15 is 0 Å². The summed E-state index contributed by atoms with van der Waals surface area (Å²) in [6.07, 6.45) is 1.67. The molecule has 0 atom stereocenters. The number of rotatable bonds is 5. The lowest BCUT2D eigenvalue weighted by atomic mass is 10.3. The van der Waals surface area contributed by atoms with Crippen LogP contribution >= 0.6 is 27.3 Å². The largest absolute Gasteiger partial charge is 0.301 e. The highest BCUT2D eigenvalue weighted by Crippen LogP contribution is 2.17.